The fourth-order valence-electron chi connectivity index (χ4n) is 6.10. The van der Waals surface area contributed by atoms with E-state index in [1.165, 1.54) is 36.7 Å². The van der Waals surface area contributed by atoms with Crippen molar-refractivity contribution in [3.05, 3.63) is 63.8 Å². The zero-order chi connectivity index (χ0) is 22.9. The van der Waals surface area contributed by atoms with Gasteiger partial charge in [-0.25, -0.2) is 0 Å². The van der Waals surface area contributed by atoms with Gasteiger partial charge in [0.05, 0.1) is 5.56 Å². The number of piperazine rings is 1. The summed E-state index contributed by atoms with van der Waals surface area (Å²) in [5.74, 6) is 0.109. The van der Waals surface area contributed by atoms with Crippen LogP contribution in [0.5, 0.6) is 0 Å². The molecule has 0 bridgehead atoms. The zero-order valence-corrected chi connectivity index (χ0v) is 19.8. The Morgan fingerprint density at radius 2 is 1.85 bits per heavy atom. The fraction of sp³-hybridized carbons (Fsp3) is 0.429. The molecule has 1 aromatic heterocycles. The van der Waals surface area contributed by atoms with E-state index in [0.717, 1.165) is 71.1 Å². The Bertz CT molecular complexity index is 1290. The number of aryl methyl sites for hydroxylation is 1. The van der Waals surface area contributed by atoms with E-state index in [1.807, 2.05) is 18.2 Å². The number of nitrogens with one attached hydrogen (secondary N) is 2. The van der Waals surface area contributed by atoms with Gasteiger partial charge in [-0.15, -0.1) is 0 Å². The molecule has 170 valence electrons. The maximum absolute atomic E-state index is 13.7. The molecule has 3 aromatic rings. The van der Waals surface area contributed by atoms with Crippen molar-refractivity contribution in [1.82, 2.24) is 9.88 Å². The summed E-state index contributed by atoms with van der Waals surface area (Å²) in [7, 11) is 0. The Morgan fingerprint density at radius 1 is 1.09 bits per heavy atom. The summed E-state index contributed by atoms with van der Waals surface area (Å²) in [6, 6.07) is 11.1. The molecule has 5 nitrogen and oxygen atoms in total. The maximum atomic E-state index is 13.7. The molecule has 0 radical (unpaired) electrons. The van der Waals surface area contributed by atoms with Crippen molar-refractivity contribution >= 4 is 28.6 Å². The van der Waals surface area contributed by atoms with Crippen LogP contribution in [-0.4, -0.2) is 54.1 Å². The minimum absolute atomic E-state index is 0.109. The minimum atomic E-state index is -0.307. The van der Waals surface area contributed by atoms with E-state index in [0.29, 0.717) is 0 Å². The van der Waals surface area contributed by atoms with Gasteiger partial charge in [-0.1, -0.05) is 32.4 Å². The molecule has 5 heteroatoms. The molecule has 6 rings (SSSR count). The average molecular weight is 441 g/mol. The zero-order valence-electron chi connectivity index (χ0n) is 19.8. The van der Waals surface area contributed by atoms with Crippen molar-refractivity contribution in [3.63, 3.8) is 0 Å². The number of hydrogen-bond donors (Lipinski definition) is 2. The lowest BCUT2D eigenvalue weighted by molar-refractivity contribution is 0.103. The van der Waals surface area contributed by atoms with Gasteiger partial charge in [0, 0.05) is 71.7 Å². The van der Waals surface area contributed by atoms with Crippen molar-refractivity contribution in [2.75, 3.05) is 31.1 Å². The second-order valence-corrected chi connectivity index (χ2v) is 10.6. The van der Waals surface area contributed by atoms with Gasteiger partial charge < -0.3 is 15.3 Å². The Labute approximate surface area is 195 Å². The number of rotatable bonds is 3. The topological polar surface area (TPSA) is 63.2 Å². The lowest BCUT2D eigenvalue weighted by atomic mass is 9.70. The Kier molecular flexibility index (Phi) is 4.57. The maximum Gasteiger partial charge on any atom is 0.195 e. The van der Waals surface area contributed by atoms with Crippen LogP contribution in [0.3, 0.4) is 0 Å². The summed E-state index contributed by atoms with van der Waals surface area (Å²) in [6.07, 6.45) is 5.46. The molecular weight excluding hydrogens is 408 g/mol. The van der Waals surface area contributed by atoms with Gasteiger partial charge in [0.15, 0.2) is 5.78 Å². The van der Waals surface area contributed by atoms with E-state index in [9.17, 15) is 4.79 Å². The fourth-order valence-corrected chi connectivity index (χ4v) is 6.10. The number of ketones is 1. The minimum Gasteiger partial charge on any atom is -0.369 e. The highest BCUT2D eigenvalue weighted by molar-refractivity contribution is 6.20. The van der Waals surface area contributed by atoms with Crippen LogP contribution in [0.25, 0.3) is 10.9 Å². The second kappa shape index (κ2) is 7.29. The summed E-state index contributed by atoms with van der Waals surface area (Å²) in [5, 5.41) is 8.54. The number of nitrogens with zero attached hydrogens (tertiary/aromatic N) is 2. The van der Waals surface area contributed by atoms with Gasteiger partial charge in [0.2, 0.25) is 0 Å². The van der Waals surface area contributed by atoms with Crippen LogP contribution in [-0.2, 0) is 5.41 Å². The second-order valence-electron chi connectivity index (χ2n) is 10.6. The predicted molar refractivity (Wildman–Crippen MR) is 134 cm³/mol. The van der Waals surface area contributed by atoms with Crippen molar-refractivity contribution < 1.29 is 4.79 Å². The molecule has 1 saturated carbocycles. The third-order valence-electron chi connectivity index (χ3n) is 8.34. The molecule has 33 heavy (non-hydrogen) atoms. The number of aromatic amines is 1. The SMILES string of the molecule is Cc1cc2c(cc1N1CCN(C3CCC3)CC1)C(C)(C)c1[nH]c3cc(C=N)ccc3c1C2=O. The highest BCUT2D eigenvalue weighted by Crippen LogP contribution is 2.45. The molecule has 2 fully saturated rings. The molecule has 2 aliphatic carbocycles. The van der Waals surface area contributed by atoms with Gasteiger partial charge in [-0.05, 0) is 54.7 Å². The molecule has 0 atom stereocenters. The van der Waals surface area contributed by atoms with Gasteiger partial charge in [0.25, 0.3) is 0 Å². The van der Waals surface area contributed by atoms with Gasteiger partial charge in [-0.3, -0.25) is 9.69 Å². The molecule has 2 aromatic carbocycles. The van der Waals surface area contributed by atoms with Crippen LogP contribution >= 0.6 is 0 Å². The molecule has 0 unspecified atom stereocenters. The van der Waals surface area contributed by atoms with Gasteiger partial charge in [0.1, 0.15) is 0 Å². The van der Waals surface area contributed by atoms with E-state index in [-0.39, 0.29) is 11.2 Å². The molecule has 2 N–H and O–H groups in total. The van der Waals surface area contributed by atoms with Crippen LogP contribution in [0.15, 0.2) is 30.3 Å². The van der Waals surface area contributed by atoms with E-state index in [2.05, 4.69) is 47.7 Å². The van der Waals surface area contributed by atoms with Crippen molar-refractivity contribution in [2.24, 2.45) is 0 Å². The van der Waals surface area contributed by atoms with Crippen LogP contribution in [0.2, 0.25) is 0 Å². The molecule has 0 amide bonds. The number of fused-ring (bicyclic) bond motifs is 4. The van der Waals surface area contributed by atoms with Crippen LogP contribution in [0.1, 0.15) is 71.4 Å². The number of carbonyl (C=O) groups is 1. The number of anilines is 1. The summed E-state index contributed by atoms with van der Waals surface area (Å²) in [6.45, 7) is 10.9. The van der Waals surface area contributed by atoms with Crippen LogP contribution in [0.4, 0.5) is 5.69 Å². The first kappa shape index (κ1) is 20.7. The Balaban J connectivity index is 1.40. The predicted octanol–water partition coefficient (Wildman–Crippen LogP) is 5.02. The first-order chi connectivity index (χ1) is 15.9. The molecular formula is C28H32N4O. The van der Waals surface area contributed by atoms with Gasteiger partial charge in [-0.2, -0.15) is 0 Å². The summed E-state index contributed by atoms with van der Waals surface area (Å²) >= 11 is 0. The summed E-state index contributed by atoms with van der Waals surface area (Å²) < 4.78 is 0. The highest BCUT2D eigenvalue weighted by Gasteiger charge is 2.40. The largest absolute Gasteiger partial charge is 0.369 e. The van der Waals surface area contributed by atoms with Crippen LogP contribution < -0.4 is 4.90 Å². The number of benzene rings is 2. The van der Waals surface area contributed by atoms with E-state index in [1.54, 1.807) is 0 Å². The van der Waals surface area contributed by atoms with Gasteiger partial charge >= 0.3 is 0 Å². The molecule has 0 spiro atoms. The number of H-pyrrole nitrogens is 1. The van der Waals surface area contributed by atoms with Crippen molar-refractivity contribution in [2.45, 2.75) is 51.5 Å². The molecule has 1 aliphatic heterocycles. The highest BCUT2D eigenvalue weighted by atomic mass is 16.1. The van der Waals surface area contributed by atoms with Crippen LogP contribution in [0, 0.1) is 12.3 Å². The first-order valence-corrected chi connectivity index (χ1v) is 12.2. The van der Waals surface area contributed by atoms with E-state index >= 15 is 0 Å². The van der Waals surface area contributed by atoms with E-state index < -0.39 is 0 Å². The van der Waals surface area contributed by atoms with Crippen molar-refractivity contribution in [3.8, 4) is 0 Å². The normalized spacial score (nSPS) is 20.5. The lowest BCUT2D eigenvalue weighted by Crippen LogP contribution is -2.52. The summed E-state index contributed by atoms with van der Waals surface area (Å²) in [4.78, 5) is 22.5. The number of aromatic nitrogens is 1. The standard InChI is InChI=1S/C28H32N4O/c1-17-13-21-22(15-24(17)32-11-9-31(10-12-32)19-5-4-6-19)28(2,3)27-25(26(21)33)20-8-7-18(16-29)14-23(20)30-27/h7-8,13-16,19,29-30H,4-6,9-12H2,1-3H3. The number of carbonyl (C=O) groups excluding carboxylic acids is 1. The quantitative estimate of drug-likeness (QED) is 0.562. The van der Waals surface area contributed by atoms with E-state index in [4.69, 9.17) is 5.41 Å². The number of hydrogen-bond acceptors (Lipinski definition) is 4. The lowest BCUT2D eigenvalue weighted by Gasteiger charge is -2.44. The Hall–Kier alpha value is -2.92. The first-order valence-electron chi connectivity index (χ1n) is 12.2. The molecule has 1 saturated heterocycles. The molecule has 2 heterocycles. The Morgan fingerprint density at radius 3 is 2.52 bits per heavy atom. The summed E-state index contributed by atoms with van der Waals surface area (Å²) in [5.41, 5.74) is 7.64. The monoisotopic (exact) mass is 440 g/mol. The smallest absolute Gasteiger partial charge is 0.195 e. The molecule has 3 aliphatic rings. The third kappa shape index (κ3) is 3.02. The average Bonchev–Trinajstić information content (AvgIpc) is 3.17. The van der Waals surface area contributed by atoms with Crippen molar-refractivity contribution in [1.29, 1.82) is 5.41 Å². The third-order valence-corrected chi connectivity index (χ3v) is 8.34.